The summed E-state index contributed by atoms with van der Waals surface area (Å²) in [6.45, 7) is 1.31. The van der Waals surface area contributed by atoms with Crippen LogP contribution >= 0.6 is 0 Å². The van der Waals surface area contributed by atoms with Crippen LogP contribution in [0.1, 0.15) is 16.3 Å². The molecule has 9 heteroatoms. The number of aliphatic hydroxyl groups is 1. The van der Waals surface area contributed by atoms with Gasteiger partial charge in [0.1, 0.15) is 58.5 Å². The summed E-state index contributed by atoms with van der Waals surface area (Å²) < 4.78 is 26.8. The minimum Gasteiger partial charge on any atom is -0.490 e. The number of rotatable bonds is 7. The first-order chi connectivity index (χ1) is 15.9. The van der Waals surface area contributed by atoms with Gasteiger partial charge in [0.05, 0.1) is 7.11 Å². The van der Waals surface area contributed by atoms with Crippen molar-refractivity contribution in [1.29, 1.82) is 0 Å². The smallest absolute Gasteiger partial charge is 0.374 e. The van der Waals surface area contributed by atoms with Gasteiger partial charge in [0.25, 0.3) is 0 Å². The summed E-state index contributed by atoms with van der Waals surface area (Å²) in [5.41, 5.74) is -0.208. The molecular formula is C24H20O9. The van der Waals surface area contributed by atoms with Crippen LogP contribution in [0.15, 0.2) is 67.0 Å². The van der Waals surface area contributed by atoms with Crippen molar-refractivity contribution in [2.24, 2.45) is 0 Å². The van der Waals surface area contributed by atoms with E-state index in [1.54, 1.807) is 37.3 Å². The Balaban J connectivity index is 1.48. The molecule has 2 heterocycles. The molecule has 0 aliphatic heterocycles. The maximum Gasteiger partial charge on any atom is 0.374 e. The van der Waals surface area contributed by atoms with Crippen LogP contribution in [0.25, 0.3) is 21.9 Å². The molecule has 0 saturated heterocycles. The Kier molecular flexibility index (Phi) is 6.14. The van der Waals surface area contributed by atoms with E-state index in [1.165, 1.54) is 19.2 Å². The molecule has 0 radical (unpaired) electrons. The van der Waals surface area contributed by atoms with Gasteiger partial charge in [-0.15, -0.1) is 0 Å². The monoisotopic (exact) mass is 452 g/mol. The number of methoxy groups -OCH3 is 1. The molecule has 1 unspecified atom stereocenters. The average molecular weight is 452 g/mol. The van der Waals surface area contributed by atoms with Gasteiger partial charge in [0.15, 0.2) is 10.9 Å². The van der Waals surface area contributed by atoms with Crippen LogP contribution in [-0.2, 0) is 4.74 Å². The van der Waals surface area contributed by atoms with E-state index in [9.17, 15) is 19.5 Å². The molecule has 1 N–H and O–H groups in total. The van der Waals surface area contributed by atoms with Crippen molar-refractivity contribution in [2.75, 3.05) is 20.3 Å². The Morgan fingerprint density at radius 1 is 0.909 bits per heavy atom. The van der Waals surface area contributed by atoms with Gasteiger partial charge in [-0.05, 0) is 31.2 Å². The number of hydrogen-bond donors (Lipinski definition) is 1. The summed E-state index contributed by atoms with van der Waals surface area (Å²) in [7, 11) is 1.18. The summed E-state index contributed by atoms with van der Waals surface area (Å²) >= 11 is 0. The molecule has 4 aromatic rings. The van der Waals surface area contributed by atoms with Crippen molar-refractivity contribution in [3.05, 3.63) is 80.5 Å². The molecule has 170 valence electrons. The number of carbonyl (C=O) groups excluding carboxylic acids is 1. The van der Waals surface area contributed by atoms with E-state index in [0.717, 1.165) is 6.07 Å². The normalized spacial score (nSPS) is 12.0. The summed E-state index contributed by atoms with van der Waals surface area (Å²) in [6.07, 6.45) is -1.07. The standard InChI is InChI=1S/C24H20O9/c1-13-9-15(26)22-17(5-3-7-19(22)32-13)30-11-14(25)12-31-18-6-4-8-20-23(18)16(27)10-21(33-20)24(28)29-2/h3-10,14,25H,11-12H2,1-2H3. The number of ether oxygens (including phenoxy) is 3. The van der Waals surface area contributed by atoms with Gasteiger partial charge < -0.3 is 28.2 Å². The average Bonchev–Trinajstić information content (AvgIpc) is 2.80. The Hall–Kier alpha value is -4.11. The van der Waals surface area contributed by atoms with Gasteiger partial charge in [-0.2, -0.15) is 0 Å². The molecule has 0 fully saturated rings. The Labute approximate surface area is 186 Å². The molecule has 4 rings (SSSR count). The van der Waals surface area contributed by atoms with Crippen molar-refractivity contribution in [3.8, 4) is 11.5 Å². The molecule has 2 aromatic carbocycles. The predicted molar refractivity (Wildman–Crippen MR) is 118 cm³/mol. The van der Waals surface area contributed by atoms with Crippen LogP contribution in [0.5, 0.6) is 11.5 Å². The van der Waals surface area contributed by atoms with E-state index >= 15 is 0 Å². The molecule has 0 saturated carbocycles. The van der Waals surface area contributed by atoms with Crippen LogP contribution in [0.2, 0.25) is 0 Å². The van der Waals surface area contributed by atoms with Gasteiger partial charge in [-0.25, -0.2) is 4.79 Å². The lowest BCUT2D eigenvalue weighted by atomic mass is 10.2. The molecule has 0 amide bonds. The summed E-state index contributed by atoms with van der Waals surface area (Å²) in [5, 5.41) is 10.7. The number of aryl methyl sites for hydroxylation is 1. The number of benzene rings is 2. The first-order valence-electron chi connectivity index (χ1n) is 9.99. The summed E-state index contributed by atoms with van der Waals surface area (Å²) in [5.74, 6) is -0.0586. The van der Waals surface area contributed by atoms with E-state index in [-0.39, 0.29) is 52.3 Å². The number of hydrogen-bond acceptors (Lipinski definition) is 9. The lowest BCUT2D eigenvalue weighted by Gasteiger charge is -2.15. The Bertz CT molecular complexity index is 1450. The van der Waals surface area contributed by atoms with Gasteiger partial charge in [-0.3, -0.25) is 9.59 Å². The van der Waals surface area contributed by atoms with Crippen LogP contribution < -0.4 is 20.3 Å². The van der Waals surface area contributed by atoms with Crippen molar-refractivity contribution in [2.45, 2.75) is 13.0 Å². The van der Waals surface area contributed by atoms with Gasteiger partial charge in [0.2, 0.25) is 5.76 Å². The molecule has 9 nitrogen and oxygen atoms in total. The first kappa shape index (κ1) is 22.1. The number of carbonyl (C=O) groups is 1. The number of aliphatic hydroxyl groups excluding tert-OH is 1. The SMILES string of the molecule is COC(=O)c1cc(=O)c2c(OCC(O)COc3cccc4oc(C)cc(=O)c34)cccc2o1. The Morgan fingerprint density at radius 2 is 1.45 bits per heavy atom. The second-order valence-electron chi connectivity index (χ2n) is 7.22. The fourth-order valence-electron chi connectivity index (χ4n) is 3.34. The number of esters is 1. The van der Waals surface area contributed by atoms with Crippen molar-refractivity contribution in [1.82, 2.24) is 0 Å². The highest BCUT2D eigenvalue weighted by molar-refractivity contribution is 5.90. The maximum absolute atomic E-state index is 12.5. The van der Waals surface area contributed by atoms with E-state index in [0.29, 0.717) is 11.3 Å². The third kappa shape index (κ3) is 4.58. The Morgan fingerprint density at radius 3 is 2.03 bits per heavy atom. The van der Waals surface area contributed by atoms with Crippen LogP contribution in [0, 0.1) is 6.92 Å². The minimum absolute atomic E-state index is 0.125. The fourth-order valence-corrected chi connectivity index (χ4v) is 3.34. The van der Waals surface area contributed by atoms with Crippen molar-refractivity contribution in [3.63, 3.8) is 0 Å². The molecule has 0 bridgehead atoms. The molecule has 2 aromatic heterocycles. The zero-order chi connectivity index (χ0) is 23.5. The third-order valence-corrected chi connectivity index (χ3v) is 4.81. The molecule has 33 heavy (non-hydrogen) atoms. The van der Waals surface area contributed by atoms with E-state index in [2.05, 4.69) is 4.74 Å². The van der Waals surface area contributed by atoms with E-state index in [1.807, 2.05) is 0 Å². The first-order valence-corrected chi connectivity index (χ1v) is 9.99. The quantitative estimate of drug-likeness (QED) is 0.421. The summed E-state index contributed by atoms with van der Waals surface area (Å²) in [6, 6.07) is 12.0. The van der Waals surface area contributed by atoms with Gasteiger partial charge in [0, 0.05) is 12.1 Å². The molecular weight excluding hydrogens is 432 g/mol. The minimum atomic E-state index is -1.07. The molecule has 0 spiro atoms. The zero-order valence-electron chi connectivity index (χ0n) is 17.8. The zero-order valence-corrected chi connectivity index (χ0v) is 17.8. The van der Waals surface area contributed by atoms with Gasteiger partial charge >= 0.3 is 5.97 Å². The fraction of sp³-hybridized carbons (Fsp3) is 0.208. The molecule has 0 aliphatic carbocycles. The van der Waals surface area contributed by atoms with Gasteiger partial charge in [-0.1, -0.05) is 12.1 Å². The number of fused-ring (bicyclic) bond motifs is 2. The highest BCUT2D eigenvalue weighted by atomic mass is 16.5. The molecule has 0 aliphatic rings. The third-order valence-electron chi connectivity index (χ3n) is 4.81. The van der Waals surface area contributed by atoms with Crippen LogP contribution in [-0.4, -0.2) is 37.5 Å². The highest BCUT2D eigenvalue weighted by Crippen LogP contribution is 2.25. The second kappa shape index (κ2) is 9.17. The lowest BCUT2D eigenvalue weighted by molar-refractivity contribution is 0.0565. The van der Waals surface area contributed by atoms with Crippen molar-refractivity contribution >= 4 is 27.9 Å². The highest BCUT2D eigenvalue weighted by Gasteiger charge is 2.17. The lowest BCUT2D eigenvalue weighted by Crippen LogP contribution is -2.25. The van der Waals surface area contributed by atoms with Crippen molar-refractivity contribution < 1.29 is 32.9 Å². The van der Waals surface area contributed by atoms with E-state index < -0.39 is 17.5 Å². The topological polar surface area (TPSA) is 125 Å². The predicted octanol–water partition coefficient (Wildman–Crippen LogP) is 2.81. The van der Waals surface area contributed by atoms with Crippen LogP contribution in [0.3, 0.4) is 0 Å². The van der Waals surface area contributed by atoms with E-state index in [4.69, 9.17) is 18.3 Å². The largest absolute Gasteiger partial charge is 0.490 e. The molecule has 1 atom stereocenters. The van der Waals surface area contributed by atoms with Crippen LogP contribution in [0.4, 0.5) is 0 Å². The maximum atomic E-state index is 12.5. The summed E-state index contributed by atoms with van der Waals surface area (Å²) in [4.78, 5) is 36.5. The second-order valence-corrected chi connectivity index (χ2v) is 7.22.